The maximum atomic E-state index is 10.4. The minimum absolute atomic E-state index is 0.466. The Hall–Kier alpha value is -0.610. The van der Waals surface area contributed by atoms with Crippen LogP contribution < -0.4 is 5.73 Å². The van der Waals surface area contributed by atoms with Crippen molar-refractivity contribution in [1.29, 1.82) is 0 Å². The average molecular weight is 161 g/mol. The lowest BCUT2D eigenvalue weighted by Gasteiger charge is -2.28. The fourth-order valence-electron chi connectivity index (χ4n) is 0.759. The topological polar surface area (TPSA) is 72.5 Å². The highest BCUT2D eigenvalue weighted by Gasteiger charge is 2.32. The first kappa shape index (κ1) is 10.4. The summed E-state index contributed by atoms with van der Waals surface area (Å²) in [6.45, 7) is 5.59. The van der Waals surface area contributed by atoms with Gasteiger partial charge in [-0.25, -0.2) is 0 Å². The molecule has 0 radical (unpaired) electrons. The van der Waals surface area contributed by atoms with Gasteiger partial charge in [0.2, 0.25) is 0 Å². The standard InChI is InChI=1S/C7H15NO3/c1-4-11-7(2,3)5(8)6(9)10/h5H,4,8H2,1-3H3,(H,9,10)/t5-/m1/s1. The van der Waals surface area contributed by atoms with Crippen LogP contribution in [0.2, 0.25) is 0 Å². The van der Waals surface area contributed by atoms with Gasteiger partial charge in [0.15, 0.2) is 0 Å². The van der Waals surface area contributed by atoms with Crippen LogP contribution in [0.25, 0.3) is 0 Å². The van der Waals surface area contributed by atoms with Crippen molar-refractivity contribution in [2.24, 2.45) is 5.73 Å². The van der Waals surface area contributed by atoms with Crippen LogP contribution in [0.4, 0.5) is 0 Å². The third kappa shape index (κ3) is 2.86. The predicted molar refractivity (Wildman–Crippen MR) is 41.3 cm³/mol. The van der Waals surface area contributed by atoms with Gasteiger partial charge in [-0.05, 0) is 20.8 Å². The number of hydrogen-bond acceptors (Lipinski definition) is 3. The van der Waals surface area contributed by atoms with E-state index in [0.717, 1.165) is 0 Å². The van der Waals surface area contributed by atoms with Gasteiger partial charge in [-0.3, -0.25) is 4.79 Å². The molecular formula is C7H15NO3. The molecule has 0 aliphatic carbocycles. The Labute approximate surface area is 66.3 Å². The van der Waals surface area contributed by atoms with Crippen LogP contribution >= 0.6 is 0 Å². The Kier molecular flexibility index (Phi) is 3.48. The molecule has 4 nitrogen and oxygen atoms in total. The summed E-state index contributed by atoms with van der Waals surface area (Å²) in [4.78, 5) is 10.4. The van der Waals surface area contributed by atoms with Gasteiger partial charge in [0.1, 0.15) is 6.04 Å². The monoisotopic (exact) mass is 161 g/mol. The molecule has 0 saturated carbocycles. The van der Waals surface area contributed by atoms with Crippen molar-refractivity contribution in [3.63, 3.8) is 0 Å². The van der Waals surface area contributed by atoms with Crippen LogP contribution in [-0.4, -0.2) is 29.3 Å². The fourth-order valence-corrected chi connectivity index (χ4v) is 0.759. The maximum Gasteiger partial charge on any atom is 0.323 e. The Balaban J connectivity index is 4.16. The summed E-state index contributed by atoms with van der Waals surface area (Å²) in [5.41, 5.74) is 4.56. The minimum atomic E-state index is -1.04. The zero-order valence-electron chi connectivity index (χ0n) is 7.13. The number of carboxylic acid groups (broad SMARTS) is 1. The molecule has 0 aromatic rings. The second-order valence-electron chi connectivity index (χ2n) is 2.85. The van der Waals surface area contributed by atoms with Crippen LogP contribution in [0.5, 0.6) is 0 Å². The molecule has 4 heteroatoms. The molecule has 0 aliphatic heterocycles. The van der Waals surface area contributed by atoms with Crippen molar-refractivity contribution in [2.75, 3.05) is 6.61 Å². The summed E-state index contributed by atoms with van der Waals surface area (Å²) in [5.74, 6) is -1.04. The van der Waals surface area contributed by atoms with Gasteiger partial charge in [-0.1, -0.05) is 0 Å². The lowest BCUT2D eigenvalue weighted by atomic mass is 10.00. The molecule has 0 heterocycles. The van der Waals surface area contributed by atoms with Gasteiger partial charge in [-0.15, -0.1) is 0 Å². The predicted octanol–water partition coefficient (Wildman–Crippen LogP) is 0.213. The maximum absolute atomic E-state index is 10.4. The Morgan fingerprint density at radius 3 is 2.45 bits per heavy atom. The second-order valence-corrected chi connectivity index (χ2v) is 2.85. The molecule has 3 N–H and O–H groups in total. The summed E-state index contributed by atoms with van der Waals surface area (Å²) in [6, 6.07) is -0.970. The summed E-state index contributed by atoms with van der Waals surface area (Å²) >= 11 is 0. The number of hydrogen-bond donors (Lipinski definition) is 2. The van der Waals surface area contributed by atoms with Crippen molar-refractivity contribution in [1.82, 2.24) is 0 Å². The van der Waals surface area contributed by atoms with Crippen LogP contribution in [0, 0.1) is 0 Å². The first-order valence-corrected chi connectivity index (χ1v) is 3.54. The smallest absolute Gasteiger partial charge is 0.323 e. The minimum Gasteiger partial charge on any atom is -0.480 e. The number of nitrogens with two attached hydrogens (primary N) is 1. The molecule has 1 atom stereocenters. The van der Waals surface area contributed by atoms with Crippen LogP contribution in [-0.2, 0) is 9.53 Å². The van der Waals surface area contributed by atoms with E-state index in [-0.39, 0.29) is 0 Å². The van der Waals surface area contributed by atoms with E-state index in [4.69, 9.17) is 15.6 Å². The molecule has 0 aromatic carbocycles. The van der Waals surface area contributed by atoms with Gasteiger partial charge in [0.05, 0.1) is 5.60 Å². The summed E-state index contributed by atoms with van der Waals surface area (Å²) in [7, 11) is 0. The first-order valence-electron chi connectivity index (χ1n) is 3.54. The molecule has 11 heavy (non-hydrogen) atoms. The quantitative estimate of drug-likeness (QED) is 0.618. The zero-order valence-corrected chi connectivity index (χ0v) is 7.13. The summed E-state index contributed by atoms with van der Waals surface area (Å²) in [5, 5.41) is 8.54. The average Bonchev–Trinajstić information content (AvgIpc) is 1.86. The largest absolute Gasteiger partial charge is 0.480 e. The lowest BCUT2D eigenvalue weighted by Crippen LogP contribution is -2.50. The van der Waals surface area contributed by atoms with Crippen molar-refractivity contribution in [2.45, 2.75) is 32.4 Å². The van der Waals surface area contributed by atoms with Crippen LogP contribution in [0.1, 0.15) is 20.8 Å². The number of carboxylic acids is 1. The molecule has 0 saturated heterocycles. The highest BCUT2D eigenvalue weighted by molar-refractivity contribution is 5.74. The molecular weight excluding hydrogens is 146 g/mol. The molecule has 0 unspecified atom stereocenters. The zero-order chi connectivity index (χ0) is 9.07. The third-order valence-electron chi connectivity index (χ3n) is 1.53. The van der Waals surface area contributed by atoms with Crippen molar-refractivity contribution >= 4 is 5.97 Å². The molecule has 0 rings (SSSR count). The number of aliphatic carboxylic acids is 1. The molecule has 0 spiro atoms. The fraction of sp³-hybridized carbons (Fsp3) is 0.857. The van der Waals surface area contributed by atoms with E-state index in [1.165, 1.54) is 0 Å². The molecule has 0 aliphatic rings. The molecule has 0 fully saturated rings. The molecule has 0 aromatic heterocycles. The van der Waals surface area contributed by atoms with Crippen molar-refractivity contribution in [3.05, 3.63) is 0 Å². The van der Waals surface area contributed by atoms with Crippen molar-refractivity contribution in [3.8, 4) is 0 Å². The van der Waals surface area contributed by atoms with Gasteiger partial charge in [0, 0.05) is 6.61 Å². The summed E-state index contributed by atoms with van der Waals surface area (Å²) < 4.78 is 5.15. The number of ether oxygens (including phenoxy) is 1. The SMILES string of the molecule is CCOC(C)(C)[C@H](N)C(=O)O. The third-order valence-corrected chi connectivity index (χ3v) is 1.53. The van der Waals surface area contributed by atoms with E-state index in [9.17, 15) is 4.79 Å². The molecule has 0 amide bonds. The Morgan fingerprint density at radius 2 is 2.18 bits per heavy atom. The highest BCUT2D eigenvalue weighted by atomic mass is 16.5. The van der Waals surface area contributed by atoms with Crippen LogP contribution in [0.3, 0.4) is 0 Å². The lowest BCUT2D eigenvalue weighted by molar-refractivity contribution is -0.146. The van der Waals surface area contributed by atoms with E-state index in [1.54, 1.807) is 20.8 Å². The number of carbonyl (C=O) groups is 1. The van der Waals surface area contributed by atoms with E-state index >= 15 is 0 Å². The Morgan fingerprint density at radius 1 is 1.73 bits per heavy atom. The highest BCUT2D eigenvalue weighted by Crippen LogP contribution is 2.12. The summed E-state index contributed by atoms with van der Waals surface area (Å²) in [6.07, 6.45) is 0. The Bertz CT molecular complexity index is 145. The number of rotatable bonds is 4. The van der Waals surface area contributed by atoms with E-state index in [2.05, 4.69) is 0 Å². The first-order chi connectivity index (χ1) is 4.91. The normalized spacial score (nSPS) is 14.5. The van der Waals surface area contributed by atoms with Crippen molar-refractivity contribution < 1.29 is 14.6 Å². The van der Waals surface area contributed by atoms with E-state index < -0.39 is 17.6 Å². The molecule has 0 bridgehead atoms. The van der Waals surface area contributed by atoms with Gasteiger partial charge < -0.3 is 15.6 Å². The van der Waals surface area contributed by atoms with Gasteiger partial charge >= 0.3 is 5.97 Å². The van der Waals surface area contributed by atoms with E-state index in [1.807, 2.05) is 0 Å². The van der Waals surface area contributed by atoms with E-state index in [0.29, 0.717) is 6.61 Å². The molecule has 66 valence electrons. The second kappa shape index (κ2) is 3.69. The van der Waals surface area contributed by atoms with Gasteiger partial charge in [-0.2, -0.15) is 0 Å². The van der Waals surface area contributed by atoms with Gasteiger partial charge in [0.25, 0.3) is 0 Å². The van der Waals surface area contributed by atoms with Crippen LogP contribution in [0.15, 0.2) is 0 Å².